The minimum absolute atomic E-state index is 0.0483. The van der Waals surface area contributed by atoms with E-state index in [-0.39, 0.29) is 18.9 Å². The van der Waals surface area contributed by atoms with Gasteiger partial charge in [0.25, 0.3) is 0 Å². The van der Waals surface area contributed by atoms with E-state index in [0.717, 1.165) is 22.0 Å². The second-order valence-electron chi connectivity index (χ2n) is 5.28. The lowest BCUT2D eigenvalue weighted by Crippen LogP contribution is -2.43. The van der Waals surface area contributed by atoms with Crippen molar-refractivity contribution in [2.45, 2.75) is 25.8 Å². The van der Waals surface area contributed by atoms with E-state index in [2.05, 4.69) is 16.4 Å². The van der Waals surface area contributed by atoms with Crippen LogP contribution in [0, 0.1) is 6.92 Å². The summed E-state index contributed by atoms with van der Waals surface area (Å²) >= 11 is 0. The van der Waals surface area contributed by atoms with Gasteiger partial charge in [-0.15, -0.1) is 0 Å². The van der Waals surface area contributed by atoms with Crippen LogP contribution >= 0.6 is 0 Å². The number of rotatable bonds is 7. The summed E-state index contributed by atoms with van der Waals surface area (Å²) in [5, 5.41) is 12.5. The number of benzene rings is 1. The Bertz CT molecular complexity index is 678. The fraction of sp³-hybridized carbons (Fsp3) is 0.375. The number of nitrogens with one attached hydrogen (secondary N) is 2. The molecule has 1 amide bonds. The van der Waals surface area contributed by atoms with Crippen LogP contribution < -0.4 is 5.32 Å². The van der Waals surface area contributed by atoms with E-state index in [1.165, 1.54) is 7.11 Å². The summed E-state index contributed by atoms with van der Waals surface area (Å²) in [4.78, 5) is 26.0. The van der Waals surface area contributed by atoms with Gasteiger partial charge >= 0.3 is 5.97 Å². The SMILES string of the molecule is COCC(NC(=O)CCc1c[nH]c2ccc(C)cc12)C(=O)O. The minimum atomic E-state index is -1.10. The Hall–Kier alpha value is -2.34. The zero-order valence-electron chi connectivity index (χ0n) is 12.7. The summed E-state index contributed by atoms with van der Waals surface area (Å²) in [6.07, 6.45) is 2.67. The van der Waals surface area contributed by atoms with Crippen molar-refractivity contribution < 1.29 is 19.4 Å². The highest BCUT2D eigenvalue weighted by molar-refractivity contribution is 5.86. The highest BCUT2D eigenvalue weighted by Crippen LogP contribution is 2.20. The summed E-state index contributed by atoms with van der Waals surface area (Å²) in [5.41, 5.74) is 3.24. The molecule has 0 aliphatic heterocycles. The molecule has 0 radical (unpaired) electrons. The third-order valence-electron chi connectivity index (χ3n) is 3.51. The highest BCUT2D eigenvalue weighted by atomic mass is 16.5. The predicted molar refractivity (Wildman–Crippen MR) is 82.8 cm³/mol. The number of hydrogen-bond acceptors (Lipinski definition) is 3. The van der Waals surface area contributed by atoms with E-state index in [1.807, 2.05) is 25.3 Å². The molecule has 22 heavy (non-hydrogen) atoms. The number of carbonyl (C=O) groups is 2. The first-order valence-electron chi connectivity index (χ1n) is 7.09. The number of aromatic nitrogens is 1. The molecule has 1 heterocycles. The molecule has 2 aromatic rings. The summed E-state index contributed by atoms with van der Waals surface area (Å²) in [5.74, 6) is -1.40. The molecule has 0 bridgehead atoms. The quantitative estimate of drug-likeness (QED) is 0.725. The van der Waals surface area contributed by atoms with E-state index < -0.39 is 12.0 Å². The zero-order chi connectivity index (χ0) is 16.1. The van der Waals surface area contributed by atoms with E-state index in [1.54, 1.807) is 0 Å². The number of carbonyl (C=O) groups excluding carboxylic acids is 1. The van der Waals surface area contributed by atoms with Gasteiger partial charge in [0, 0.05) is 30.6 Å². The fourth-order valence-electron chi connectivity index (χ4n) is 2.36. The number of carboxylic acids is 1. The molecule has 0 aliphatic carbocycles. The largest absolute Gasteiger partial charge is 0.480 e. The van der Waals surface area contributed by atoms with Crippen molar-refractivity contribution in [2.75, 3.05) is 13.7 Å². The first-order valence-corrected chi connectivity index (χ1v) is 7.09. The van der Waals surface area contributed by atoms with Crippen molar-refractivity contribution in [1.82, 2.24) is 10.3 Å². The first kappa shape index (κ1) is 16.0. The third-order valence-corrected chi connectivity index (χ3v) is 3.51. The number of methoxy groups -OCH3 is 1. The van der Waals surface area contributed by atoms with Crippen molar-refractivity contribution >= 4 is 22.8 Å². The average molecular weight is 304 g/mol. The van der Waals surface area contributed by atoms with Crippen molar-refractivity contribution in [3.8, 4) is 0 Å². The number of fused-ring (bicyclic) bond motifs is 1. The van der Waals surface area contributed by atoms with Crippen LogP contribution in [0.2, 0.25) is 0 Å². The molecule has 1 unspecified atom stereocenters. The molecule has 0 saturated carbocycles. The zero-order valence-corrected chi connectivity index (χ0v) is 12.7. The number of ether oxygens (including phenoxy) is 1. The van der Waals surface area contributed by atoms with Crippen LogP contribution in [0.1, 0.15) is 17.5 Å². The molecule has 2 rings (SSSR count). The van der Waals surface area contributed by atoms with Crippen molar-refractivity contribution in [2.24, 2.45) is 0 Å². The topological polar surface area (TPSA) is 91.4 Å². The Balaban J connectivity index is 1.97. The number of carboxylic acid groups (broad SMARTS) is 1. The van der Waals surface area contributed by atoms with Crippen molar-refractivity contribution in [3.63, 3.8) is 0 Å². The lowest BCUT2D eigenvalue weighted by Gasteiger charge is -2.13. The Kier molecular flexibility index (Phi) is 5.16. The van der Waals surface area contributed by atoms with Crippen LogP contribution in [0.25, 0.3) is 10.9 Å². The van der Waals surface area contributed by atoms with Crippen LogP contribution in [0.15, 0.2) is 24.4 Å². The molecule has 6 nitrogen and oxygen atoms in total. The normalized spacial score (nSPS) is 12.3. The van der Waals surface area contributed by atoms with E-state index in [9.17, 15) is 9.59 Å². The summed E-state index contributed by atoms with van der Waals surface area (Å²) in [6, 6.07) is 5.09. The number of amides is 1. The number of aliphatic carboxylic acids is 1. The van der Waals surface area contributed by atoms with Gasteiger partial charge in [0.1, 0.15) is 0 Å². The smallest absolute Gasteiger partial charge is 0.328 e. The number of aromatic amines is 1. The van der Waals surface area contributed by atoms with Gasteiger partial charge in [0.05, 0.1) is 6.61 Å². The first-order chi connectivity index (χ1) is 10.5. The van der Waals surface area contributed by atoms with Crippen molar-refractivity contribution in [3.05, 3.63) is 35.5 Å². The average Bonchev–Trinajstić information content (AvgIpc) is 2.86. The molecule has 3 N–H and O–H groups in total. The Labute approximate surface area is 128 Å². The molecule has 1 aromatic heterocycles. The standard InChI is InChI=1S/C16H20N2O4/c1-10-3-5-13-12(7-10)11(8-17-13)4-6-15(19)18-14(9-22-2)16(20)21/h3,5,7-8,14,17H,4,6,9H2,1-2H3,(H,18,19)(H,20,21). The van der Waals surface area contributed by atoms with Crippen LogP contribution in [0.3, 0.4) is 0 Å². The maximum Gasteiger partial charge on any atom is 0.328 e. The van der Waals surface area contributed by atoms with E-state index in [4.69, 9.17) is 9.84 Å². The van der Waals surface area contributed by atoms with E-state index in [0.29, 0.717) is 6.42 Å². The van der Waals surface area contributed by atoms with Crippen LogP contribution in [0.5, 0.6) is 0 Å². The monoisotopic (exact) mass is 304 g/mol. The lowest BCUT2D eigenvalue weighted by molar-refractivity contribution is -0.143. The molecule has 0 saturated heterocycles. The molecular formula is C16H20N2O4. The van der Waals surface area contributed by atoms with Crippen LogP contribution in [-0.4, -0.2) is 41.7 Å². The molecule has 1 aromatic carbocycles. The predicted octanol–water partition coefficient (Wildman–Crippen LogP) is 1.62. The van der Waals surface area contributed by atoms with Gasteiger partial charge in [-0.25, -0.2) is 4.79 Å². The Morgan fingerprint density at radius 1 is 1.41 bits per heavy atom. The van der Waals surface area contributed by atoms with Gasteiger partial charge in [0.15, 0.2) is 6.04 Å². The molecule has 0 spiro atoms. The van der Waals surface area contributed by atoms with E-state index >= 15 is 0 Å². The maximum atomic E-state index is 11.9. The van der Waals surface area contributed by atoms with Gasteiger partial charge in [-0.3, -0.25) is 4.79 Å². The molecule has 118 valence electrons. The van der Waals surface area contributed by atoms with Crippen LogP contribution in [-0.2, 0) is 20.7 Å². The molecule has 6 heteroatoms. The van der Waals surface area contributed by atoms with Gasteiger partial charge in [-0.2, -0.15) is 0 Å². The van der Waals surface area contributed by atoms with Crippen molar-refractivity contribution in [1.29, 1.82) is 0 Å². The van der Waals surface area contributed by atoms with Gasteiger partial charge in [-0.05, 0) is 31.0 Å². The fourth-order valence-corrected chi connectivity index (χ4v) is 2.36. The second kappa shape index (κ2) is 7.09. The molecule has 0 fully saturated rings. The number of hydrogen-bond donors (Lipinski definition) is 3. The van der Waals surface area contributed by atoms with Gasteiger partial charge < -0.3 is 20.1 Å². The lowest BCUT2D eigenvalue weighted by atomic mass is 10.1. The molecule has 0 aliphatic rings. The summed E-state index contributed by atoms with van der Waals surface area (Å²) in [6.45, 7) is 1.97. The van der Waals surface area contributed by atoms with Crippen LogP contribution in [0.4, 0.5) is 0 Å². The number of aryl methyl sites for hydroxylation is 2. The Morgan fingerprint density at radius 3 is 2.86 bits per heavy atom. The summed E-state index contributed by atoms with van der Waals surface area (Å²) in [7, 11) is 1.40. The maximum absolute atomic E-state index is 11.9. The van der Waals surface area contributed by atoms with Gasteiger partial charge in [-0.1, -0.05) is 11.6 Å². The number of H-pyrrole nitrogens is 1. The Morgan fingerprint density at radius 2 is 2.18 bits per heavy atom. The molecule has 1 atom stereocenters. The third kappa shape index (κ3) is 3.85. The summed E-state index contributed by atoms with van der Waals surface area (Å²) < 4.78 is 4.79. The second-order valence-corrected chi connectivity index (χ2v) is 5.28. The van der Waals surface area contributed by atoms with Gasteiger partial charge in [0.2, 0.25) is 5.91 Å². The highest BCUT2D eigenvalue weighted by Gasteiger charge is 2.19. The minimum Gasteiger partial charge on any atom is -0.480 e. The molecular weight excluding hydrogens is 284 g/mol.